The van der Waals surface area contributed by atoms with Gasteiger partial charge in [-0.25, -0.2) is 9.78 Å². The summed E-state index contributed by atoms with van der Waals surface area (Å²) in [5.41, 5.74) is 1.93. The van der Waals surface area contributed by atoms with Crippen LogP contribution in [-0.2, 0) is 4.74 Å². The normalized spacial score (nSPS) is 11.2. The zero-order valence-corrected chi connectivity index (χ0v) is 15.6. The van der Waals surface area contributed by atoms with Gasteiger partial charge < -0.3 is 4.74 Å². The van der Waals surface area contributed by atoms with E-state index in [9.17, 15) is 9.59 Å². The third-order valence-corrected chi connectivity index (χ3v) is 4.75. The topological polar surface area (TPSA) is 91.4 Å². The number of hydrogen-bond donors (Lipinski definition) is 0. The van der Waals surface area contributed by atoms with E-state index >= 15 is 0 Å². The minimum Gasteiger partial charge on any atom is -0.465 e. The van der Waals surface area contributed by atoms with Crippen LogP contribution in [0.1, 0.15) is 15.9 Å². The van der Waals surface area contributed by atoms with Crippen LogP contribution >= 0.6 is 11.8 Å². The van der Waals surface area contributed by atoms with Gasteiger partial charge >= 0.3 is 5.97 Å². The van der Waals surface area contributed by atoms with E-state index < -0.39 is 5.97 Å². The molecule has 0 aliphatic rings. The smallest absolute Gasteiger partial charge is 0.341 e. The van der Waals surface area contributed by atoms with Crippen LogP contribution in [0.2, 0.25) is 0 Å². The second-order valence-corrected chi connectivity index (χ2v) is 6.65. The number of benzene rings is 1. The molecule has 0 atom stereocenters. The zero-order chi connectivity index (χ0) is 19.1. The van der Waals surface area contributed by atoms with Gasteiger partial charge in [-0.15, -0.1) is 5.10 Å². The van der Waals surface area contributed by atoms with Crippen molar-refractivity contribution in [3.8, 4) is 5.69 Å². The first kappa shape index (κ1) is 17.2. The number of hydrogen-bond acceptors (Lipinski definition) is 7. The number of fused-ring (bicyclic) bond motifs is 3. The molecule has 0 spiro atoms. The third-order valence-electron chi connectivity index (χ3n) is 4.21. The summed E-state index contributed by atoms with van der Waals surface area (Å²) in [5.74, 6) is -0.265. The van der Waals surface area contributed by atoms with Crippen LogP contribution in [0.15, 0.2) is 46.6 Å². The molecule has 4 rings (SSSR count). The highest BCUT2D eigenvalue weighted by Gasteiger charge is 2.21. The van der Waals surface area contributed by atoms with Crippen molar-refractivity contribution in [3.05, 3.63) is 58.1 Å². The molecule has 0 fully saturated rings. The maximum Gasteiger partial charge on any atom is 0.341 e. The Hall–Kier alpha value is -3.20. The number of thioether (sulfide) groups is 1. The van der Waals surface area contributed by atoms with Gasteiger partial charge in [0.15, 0.2) is 0 Å². The lowest BCUT2D eigenvalue weighted by atomic mass is 10.1. The Morgan fingerprint density at radius 3 is 2.63 bits per heavy atom. The summed E-state index contributed by atoms with van der Waals surface area (Å²) in [7, 11) is 1.29. The first-order valence-electron chi connectivity index (χ1n) is 8.04. The number of ether oxygens (including phenoxy) is 1. The van der Waals surface area contributed by atoms with Gasteiger partial charge in [-0.05, 0) is 25.3 Å². The van der Waals surface area contributed by atoms with Gasteiger partial charge in [0.2, 0.25) is 5.16 Å². The Kier molecular flexibility index (Phi) is 4.15. The van der Waals surface area contributed by atoms with Crippen LogP contribution in [0.5, 0.6) is 0 Å². The summed E-state index contributed by atoms with van der Waals surface area (Å²) in [6, 6.07) is 7.43. The molecule has 136 valence electrons. The zero-order valence-electron chi connectivity index (χ0n) is 14.8. The Morgan fingerprint density at radius 1 is 1.22 bits per heavy atom. The number of aryl methyl sites for hydroxylation is 1. The predicted octanol–water partition coefficient (Wildman–Crippen LogP) is 2.25. The van der Waals surface area contributed by atoms with Gasteiger partial charge in [0, 0.05) is 18.1 Å². The number of nitrogens with zero attached hydrogens (tertiary/aromatic N) is 5. The van der Waals surface area contributed by atoms with E-state index in [4.69, 9.17) is 4.74 Å². The van der Waals surface area contributed by atoms with E-state index in [0.29, 0.717) is 22.1 Å². The summed E-state index contributed by atoms with van der Waals surface area (Å²) >= 11 is 1.35. The fraction of sp³-hybridized carbons (Fsp3) is 0.167. The molecule has 1 aromatic carbocycles. The molecule has 27 heavy (non-hydrogen) atoms. The Labute approximate surface area is 157 Å². The van der Waals surface area contributed by atoms with E-state index in [-0.39, 0.29) is 16.5 Å². The van der Waals surface area contributed by atoms with Crippen molar-refractivity contribution in [2.75, 3.05) is 13.4 Å². The lowest BCUT2D eigenvalue weighted by Gasteiger charge is -2.12. The molecule has 4 aromatic rings. The standard InChI is InChI=1S/C18H15N5O3S/c1-10-4-6-11(7-5-10)22-9-13(16(25)26-2)14-12(15(22)24)8-19-17-20-18(27-3)21-23(14)17/h4-9H,1-3H3. The first-order valence-corrected chi connectivity index (χ1v) is 9.26. The van der Waals surface area contributed by atoms with Crippen LogP contribution in [-0.4, -0.2) is 43.5 Å². The first-order chi connectivity index (χ1) is 13.0. The lowest BCUT2D eigenvalue weighted by molar-refractivity contribution is 0.0602. The van der Waals surface area contributed by atoms with Gasteiger partial charge in [-0.3, -0.25) is 9.36 Å². The van der Waals surface area contributed by atoms with Crippen molar-refractivity contribution in [2.24, 2.45) is 0 Å². The summed E-state index contributed by atoms with van der Waals surface area (Å²) in [6.07, 6.45) is 4.73. The molecule has 0 unspecified atom stereocenters. The van der Waals surface area contributed by atoms with E-state index in [1.54, 1.807) is 0 Å². The molecule has 3 heterocycles. The molecule has 0 bridgehead atoms. The second kappa shape index (κ2) is 6.51. The number of carbonyl (C=O) groups excluding carboxylic acids is 1. The van der Waals surface area contributed by atoms with Crippen molar-refractivity contribution in [2.45, 2.75) is 12.1 Å². The van der Waals surface area contributed by atoms with Crippen LogP contribution in [0, 0.1) is 6.92 Å². The lowest BCUT2D eigenvalue weighted by Crippen LogP contribution is -2.22. The minimum atomic E-state index is -0.574. The van der Waals surface area contributed by atoms with Gasteiger partial charge in [0.25, 0.3) is 11.3 Å². The molecular formula is C18H15N5O3S. The highest BCUT2D eigenvalue weighted by molar-refractivity contribution is 7.98. The Morgan fingerprint density at radius 2 is 1.96 bits per heavy atom. The minimum absolute atomic E-state index is 0.206. The monoisotopic (exact) mass is 381 g/mol. The third kappa shape index (κ3) is 2.76. The van der Waals surface area contributed by atoms with Crippen LogP contribution < -0.4 is 5.56 Å². The molecule has 0 saturated heterocycles. The van der Waals surface area contributed by atoms with Crippen LogP contribution in [0.25, 0.3) is 22.4 Å². The number of rotatable bonds is 3. The van der Waals surface area contributed by atoms with Crippen molar-refractivity contribution >= 4 is 34.4 Å². The van der Waals surface area contributed by atoms with Crippen molar-refractivity contribution in [3.63, 3.8) is 0 Å². The fourth-order valence-electron chi connectivity index (χ4n) is 2.85. The fourth-order valence-corrected chi connectivity index (χ4v) is 3.19. The number of aromatic nitrogens is 5. The summed E-state index contributed by atoms with van der Waals surface area (Å²) in [5, 5.41) is 5.09. The van der Waals surface area contributed by atoms with E-state index in [0.717, 1.165) is 5.56 Å². The largest absolute Gasteiger partial charge is 0.465 e. The SMILES string of the molecule is COC(=O)c1cn(-c2ccc(C)cc2)c(=O)c2cnc3nc(SC)nn3c12. The average Bonchev–Trinajstić information content (AvgIpc) is 3.12. The molecule has 9 heteroatoms. The van der Waals surface area contributed by atoms with Crippen molar-refractivity contribution < 1.29 is 9.53 Å². The number of carbonyl (C=O) groups is 1. The van der Waals surface area contributed by atoms with Gasteiger partial charge in [-0.1, -0.05) is 29.5 Å². The molecule has 0 amide bonds. The maximum absolute atomic E-state index is 13.1. The molecule has 3 aromatic heterocycles. The van der Waals surface area contributed by atoms with E-state index in [1.165, 1.54) is 40.3 Å². The Balaban J connectivity index is 2.13. The van der Waals surface area contributed by atoms with Crippen LogP contribution in [0.3, 0.4) is 0 Å². The van der Waals surface area contributed by atoms with Crippen LogP contribution in [0.4, 0.5) is 0 Å². The van der Waals surface area contributed by atoms with Crippen molar-refractivity contribution in [1.29, 1.82) is 0 Å². The molecule has 0 N–H and O–H groups in total. The summed E-state index contributed by atoms with van der Waals surface area (Å²) < 4.78 is 7.76. The van der Waals surface area contributed by atoms with E-state index in [1.807, 2.05) is 37.4 Å². The number of esters is 1. The molecule has 0 saturated carbocycles. The van der Waals surface area contributed by atoms with Gasteiger partial charge in [0.05, 0.1) is 18.0 Å². The number of methoxy groups -OCH3 is 1. The second-order valence-electron chi connectivity index (χ2n) is 5.88. The predicted molar refractivity (Wildman–Crippen MR) is 102 cm³/mol. The maximum atomic E-state index is 13.1. The van der Waals surface area contributed by atoms with Gasteiger partial charge in [0.1, 0.15) is 5.56 Å². The summed E-state index contributed by atoms with van der Waals surface area (Å²) in [4.78, 5) is 34.1. The molecule has 0 aliphatic heterocycles. The highest BCUT2D eigenvalue weighted by Crippen LogP contribution is 2.20. The van der Waals surface area contributed by atoms with Crippen molar-refractivity contribution in [1.82, 2.24) is 24.1 Å². The van der Waals surface area contributed by atoms with E-state index in [2.05, 4.69) is 15.1 Å². The molecular weight excluding hydrogens is 366 g/mol. The molecule has 0 radical (unpaired) electrons. The quantitative estimate of drug-likeness (QED) is 0.397. The van der Waals surface area contributed by atoms with Gasteiger partial charge in [-0.2, -0.15) is 9.50 Å². The average molecular weight is 381 g/mol. The molecule has 0 aliphatic carbocycles. The number of pyridine rings is 1. The Bertz CT molecular complexity index is 1240. The summed E-state index contributed by atoms with van der Waals surface area (Å²) in [6.45, 7) is 1.96. The highest BCUT2D eigenvalue weighted by atomic mass is 32.2. The molecule has 8 nitrogen and oxygen atoms in total.